The molecule has 5 heteroatoms. The number of hydrogen-bond donors (Lipinski definition) is 1. The molecule has 0 radical (unpaired) electrons. The van der Waals surface area contributed by atoms with Crippen molar-refractivity contribution in [2.75, 3.05) is 6.61 Å². The van der Waals surface area contributed by atoms with Crippen LogP contribution >= 0.6 is 0 Å². The van der Waals surface area contributed by atoms with E-state index in [9.17, 15) is 0 Å². The van der Waals surface area contributed by atoms with Gasteiger partial charge in [0.25, 0.3) is 0 Å². The van der Waals surface area contributed by atoms with E-state index in [1.807, 2.05) is 32.0 Å². The molecule has 2 aromatic rings. The van der Waals surface area contributed by atoms with E-state index < -0.39 is 0 Å². The molecule has 90 valence electrons. The lowest BCUT2D eigenvalue weighted by Crippen LogP contribution is -1.97. The molecule has 0 aliphatic rings. The molecule has 0 atom stereocenters. The van der Waals surface area contributed by atoms with E-state index in [0.717, 1.165) is 16.9 Å². The first-order valence-corrected chi connectivity index (χ1v) is 5.51. The van der Waals surface area contributed by atoms with Crippen molar-refractivity contribution < 1.29 is 9.26 Å². The third-order valence-electron chi connectivity index (χ3n) is 2.32. The molecule has 0 bridgehead atoms. The maximum Gasteiger partial charge on any atom is 0.240 e. The van der Waals surface area contributed by atoms with Gasteiger partial charge < -0.3 is 15.0 Å². The van der Waals surface area contributed by atoms with Crippen LogP contribution in [0.15, 0.2) is 22.7 Å². The Morgan fingerprint density at radius 1 is 1.41 bits per heavy atom. The molecule has 0 unspecified atom stereocenters. The largest absolute Gasteiger partial charge is 0.493 e. The van der Waals surface area contributed by atoms with E-state index in [-0.39, 0.29) is 6.54 Å². The number of benzene rings is 1. The Bertz CT molecular complexity index is 508. The van der Waals surface area contributed by atoms with E-state index in [1.165, 1.54) is 0 Å². The van der Waals surface area contributed by atoms with Crippen molar-refractivity contribution in [2.45, 2.75) is 20.4 Å². The molecule has 2 N–H and O–H groups in total. The number of nitrogens with zero attached hydrogens (tertiary/aromatic N) is 2. The van der Waals surface area contributed by atoms with Crippen LogP contribution in [0.1, 0.15) is 18.4 Å². The summed E-state index contributed by atoms with van der Waals surface area (Å²) in [6, 6.07) is 5.86. The van der Waals surface area contributed by atoms with Gasteiger partial charge in [-0.2, -0.15) is 4.98 Å². The Balaban J connectivity index is 2.44. The van der Waals surface area contributed by atoms with Gasteiger partial charge in [0.05, 0.1) is 18.7 Å². The second-order valence-corrected chi connectivity index (χ2v) is 3.65. The molecule has 1 aromatic carbocycles. The Morgan fingerprint density at radius 3 is 2.88 bits per heavy atom. The summed E-state index contributed by atoms with van der Waals surface area (Å²) in [6.07, 6.45) is 0. The molecule has 2 rings (SSSR count). The Hall–Kier alpha value is -1.88. The van der Waals surface area contributed by atoms with Crippen molar-refractivity contribution in [3.8, 4) is 17.1 Å². The Kier molecular flexibility index (Phi) is 3.39. The SMILES string of the molecule is CCOc1ccc(C)cc1-c1noc(CN)n1. The highest BCUT2D eigenvalue weighted by Crippen LogP contribution is 2.28. The second kappa shape index (κ2) is 4.97. The molecule has 17 heavy (non-hydrogen) atoms. The lowest BCUT2D eigenvalue weighted by molar-refractivity contribution is 0.340. The normalized spacial score (nSPS) is 10.5. The molecule has 0 aliphatic heterocycles. The molecule has 0 saturated heterocycles. The van der Waals surface area contributed by atoms with E-state index >= 15 is 0 Å². The summed E-state index contributed by atoms with van der Waals surface area (Å²) < 4.78 is 10.5. The molecular weight excluding hydrogens is 218 g/mol. The first-order valence-electron chi connectivity index (χ1n) is 5.51. The van der Waals surface area contributed by atoms with Crippen molar-refractivity contribution in [1.82, 2.24) is 10.1 Å². The van der Waals surface area contributed by atoms with Crippen LogP contribution in [-0.2, 0) is 6.54 Å². The van der Waals surface area contributed by atoms with Crippen LogP contribution in [0.4, 0.5) is 0 Å². The van der Waals surface area contributed by atoms with Crippen LogP contribution in [0.5, 0.6) is 5.75 Å². The number of hydrogen-bond acceptors (Lipinski definition) is 5. The van der Waals surface area contributed by atoms with Crippen molar-refractivity contribution in [3.05, 3.63) is 29.7 Å². The van der Waals surface area contributed by atoms with Crippen molar-refractivity contribution in [2.24, 2.45) is 5.73 Å². The lowest BCUT2D eigenvalue weighted by Gasteiger charge is -2.07. The minimum Gasteiger partial charge on any atom is -0.493 e. The maximum absolute atomic E-state index is 5.54. The van der Waals surface area contributed by atoms with Gasteiger partial charge in [0.15, 0.2) is 0 Å². The van der Waals surface area contributed by atoms with E-state index in [0.29, 0.717) is 18.3 Å². The Labute approximate surface area is 99.6 Å². The van der Waals surface area contributed by atoms with Gasteiger partial charge in [-0.1, -0.05) is 16.8 Å². The number of nitrogens with two attached hydrogens (primary N) is 1. The van der Waals surface area contributed by atoms with Crippen LogP contribution in [0.2, 0.25) is 0 Å². The third-order valence-corrected chi connectivity index (χ3v) is 2.32. The van der Waals surface area contributed by atoms with E-state index in [1.54, 1.807) is 0 Å². The zero-order chi connectivity index (χ0) is 12.3. The number of aryl methyl sites for hydroxylation is 1. The summed E-state index contributed by atoms with van der Waals surface area (Å²) in [5, 5.41) is 3.90. The van der Waals surface area contributed by atoms with Crippen LogP contribution in [0.25, 0.3) is 11.4 Å². The highest BCUT2D eigenvalue weighted by atomic mass is 16.5. The van der Waals surface area contributed by atoms with Gasteiger partial charge in [0.1, 0.15) is 5.75 Å². The van der Waals surface area contributed by atoms with Gasteiger partial charge >= 0.3 is 0 Å². The fraction of sp³-hybridized carbons (Fsp3) is 0.333. The van der Waals surface area contributed by atoms with Gasteiger partial charge in [-0.15, -0.1) is 0 Å². The van der Waals surface area contributed by atoms with Crippen LogP contribution in [-0.4, -0.2) is 16.7 Å². The predicted molar refractivity (Wildman–Crippen MR) is 63.5 cm³/mol. The molecule has 0 amide bonds. The lowest BCUT2D eigenvalue weighted by atomic mass is 10.1. The highest BCUT2D eigenvalue weighted by Gasteiger charge is 2.13. The fourth-order valence-corrected chi connectivity index (χ4v) is 1.55. The summed E-state index contributed by atoms with van der Waals surface area (Å²) in [4.78, 5) is 4.20. The number of rotatable bonds is 4. The standard InChI is InChI=1S/C12H15N3O2/c1-3-16-10-5-4-8(2)6-9(10)12-14-11(7-13)17-15-12/h4-6H,3,7,13H2,1-2H3. The minimum absolute atomic E-state index is 0.239. The number of ether oxygens (including phenoxy) is 1. The second-order valence-electron chi connectivity index (χ2n) is 3.65. The minimum atomic E-state index is 0.239. The number of aromatic nitrogens is 2. The molecule has 0 aliphatic carbocycles. The fourth-order valence-electron chi connectivity index (χ4n) is 1.55. The average Bonchev–Trinajstić information content (AvgIpc) is 2.80. The van der Waals surface area contributed by atoms with E-state index in [4.69, 9.17) is 15.0 Å². The first kappa shape index (κ1) is 11.6. The van der Waals surface area contributed by atoms with Crippen LogP contribution < -0.4 is 10.5 Å². The molecule has 1 heterocycles. The predicted octanol–water partition coefficient (Wildman–Crippen LogP) is 1.90. The zero-order valence-electron chi connectivity index (χ0n) is 9.93. The van der Waals surface area contributed by atoms with Gasteiger partial charge in [0, 0.05) is 0 Å². The summed E-state index contributed by atoms with van der Waals surface area (Å²) in [7, 11) is 0. The highest BCUT2D eigenvalue weighted by molar-refractivity contribution is 5.64. The third kappa shape index (κ3) is 2.45. The topological polar surface area (TPSA) is 74.2 Å². The smallest absolute Gasteiger partial charge is 0.240 e. The van der Waals surface area contributed by atoms with Crippen LogP contribution in [0, 0.1) is 6.92 Å². The maximum atomic E-state index is 5.54. The molecule has 0 spiro atoms. The zero-order valence-corrected chi connectivity index (χ0v) is 9.93. The van der Waals surface area contributed by atoms with Gasteiger partial charge in [-0.05, 0) is 26.0 Å². The Morgan fingerprint density at radius 2 is 2.24 bits per heavy atom. The first-order chi connectivity index (χ1) is 8.24. The summed E-state index contributed by atoms with van der Waals surface area (Å²) in [5.74, 6) is 1.68. The molecule has 1 aromatic heterocycles. The molecular formula is C12H15N3O2. The van der Waals surface area contributed by atoms with Crippen molar-refractivity contribution in [1.29, 1.82) is 0 Å². The van der Waals surface area contributed by atoms with E-state index in [2.05, 4.69) is 10.1 Å². The monoisotopic (exact) mass is 233 g/mol. The average molecular weight is 233 g/mol. The summed E-state index contributed by atoms with van der Waals surface area (Å²) in [6.45, 7) is 4.77. The van der Waals surface area contributed by atoms with Gasteiger partial charge in [0.2, 0.25) is 11.7 Å². The molecule has 0 fully saturated rings. The van der Waals surface area contributed by atoms with Crippen LogP contribution in [0.3, 0.4) is 0 Å². The molecule has 0 saturated carbocycles. The summed E-state index contributed by atoms with van der Waals surface area (Å²) in [5.41, 5.74) is 7.38. The molecule has 5 nitrogen and oxygen atoms in total. The van der Waals surface area contributed by atoms with Crippen molar-refractivity contribution >= 4 is 0 Å². The van der Waals surface area contributed by atoms with Gasteiger partial charge in [-0.3, -0.25) is 0 Å². The van der Waals surface area contributed by atoms with Gasteiger partial charge in [-0.25, -0.2) is 0 Å². The quantitative estimate of drug-likeness (QED) is 0.873. The van der Waals surface area contributed by atoms with Crippen molar-refractivity contribution in [3.63, 3.8) is 0 Å². The summed E-state index contributed by atoms with van der Waals surface area (Å²) >= 11 is 0.